The third-order valence-electron chi connectivity index (χ3n) is 4.15. The van der Waals surface area contributed by atoms with E-state index in [1.165, 1.54) is 17.5 Å². The Morgan fingerprint density at radius 3 is 2.39 bits per heavy atom. The van der Waals surface area contributed by atoms with Crippen molar-refractivity contribution in [2.75, 3.05) is 12.4 Å². The molecule has 0 saturated carbocycles. The Balaban J connectivity index is 2.37. The number of anilines is 1. The summed E-state index contributed by atoms with van der Waals surface area (Å²) in [5.74, 6) is 0. The van der Waals surface area contributed by atoms with E-state index in [-0.39, 0.29) is 12.1 Å². The number of hydrazone groups is 1. The van der Waals surface area contributed by atoms with Gasteiger partial charge in [-0.3, -0.25) is 5.01 Å². The van der Waals surface area contributed by atoms with E-state index in [2.05, 4.69) is 72.8 Å². The molecule has 0 aliphatic heterocycles. The maximum absolute atomic E-state index is 5.48. The van der Waals surface area contributed by atoms with E-state index >= 15 is 0 Å². The lowest BCUT2D eigenvalue weighted by Crippen LogP contribution is -2.37. The quantitative estimate of drug-likeness (QED) is 0.465. The standard InChI is InChI=1S/C19H26N4/c1-4-18(23(3)21-14-20)19(16-11-6-5-7-12-16)22-17-13-9-8-10-15(17)2/h5-14,18-19,22H,4H2,1-3H3,(H2,20,21). The van der Waals surface area contributed by atoms with E-state index in [9.17, 15) is 0 Å². The van der Waals surface area contributed by atoms with E-state index in [1.807, 2.05) is 18.1 Å². The van der Waals surface area contributed by atoms with Crippen LogP contribution in [0.15, 0.2) is 59.7 Å². The van der Waals surface area contributed by atoms with Crippen LogP contribution in [0.2, 0.25) is 0 Å². The maximum atomic E-state index is 5.48. The van der Waals surface area contributed by atoms with Gasteiger partial charge in [0.15, 0.2) is 0 Å². The fourth-order valence-electron chi connectivity index (χ4n) is 2.87. The summed E-state index contributed by atoms with van der Waals surface area (Å²) in [5.41, 5.74) is 9.09. The zero-order chi connectivity index (χ0) is 16.7. The largest absolute Gasteiger partial charge is 0.388 e. The number of nitrogens with one attached hydrogen (secondary N) is 1. The topological polar surface area (TPSA) is 53.6 Å². The van der Waals surface area contributed by atoms with Gasteiger partial charge in [0, 0.05) is 12.7 Å². The molecule has 0 bridgehead atoms. The van der Waals surface area contributed by atoms with Gasteiger partial charge < -0.3 is 11.1 Å². The second-order valence-corrected chi connectivity index (χ2v) is 5.66. The average Bonchev–Trinajstić information content (AvgIpc) is 2.57. The van der Waals surface area contributed by atoms with Gasteiger partial charge >= 0.3 is 0 Å². The first kappa shape index (κ1) is 16.9. The molecule has 2 aromatic rings. The van der Waals surface area contributed by atoms with Gasteiger partial charge in [0.1, 0.15) is 6.34 Å². The van der Waals surface area contributed by atoms with Crippen molar-refractivity contribution in [2.45, 2.75) is 32.4 Å². The number of hydrogen-bond donors (Lipinski definition) is 2. The van der Waals surface area contributed by atoms with Gasteiger partial charge in [0.2, 0.25) is 0 Å². The predicted octanol–water partition coefficient (Wildman–Crippen LogP) is 3.76. The molecule has 2 unspecified atom stereocenters. The summed E-state index contributed by atoms with van der Waals surface area (Å²) in [5, 5.41) is 9.88. The van der Waals surface area contributed by atoms with Gasteiger partial charge in [-0.25, -0.2) is 0 Å². The van der Waals surface area contributed by atoms with Crippen LogP contribution < -0.4 is 11.1 Å². The van der Waals surface area contributed by atoms with Crippen molar-refractivity contribution < 1.29 is 0 Å². The van der Waals surface area contributed by atoms with Crippen molar-refractivity contribution in [2.24, 2.45) is 10.8 Å². The Morgan fingerprint density at radius 1 is 1.13 bits per heavy atom. The lowest BCUT2D eigenvalue weighted by atomic mass is 9.96. The van der Waals surface area contributed by atoms with Crippen LogP contribution in [0.25, 0.3) is 0 Å². The average molecular weight is 310 g/mol. The molecule has 2 atom stereocenters. The van der Waals surface area contributed by atoms with E-state index in [1.54, 1.807) is 0 Å². The van der Waals surface area contributed by atoms with Crippen LogP contribution in [-0.4, -0.2) is 24.4 Å². The van der Waals surface area contributed by atoms with Crippen molar-refractivity contribution in [1.82, 2.24) is 5.01 Å². The number of nitrogens with two attached hydrogens (primary N) is 1. The molecule has 4 nitrogen and oxygen atoms in total. The first-order valence-corrected chi connectivity index (χ1v) is 8.01. The number of nitrogens with zero attached hydrogens (tertiary/aromatic N) is 2. The van der Waals surface area contributed by atoms with Gasteiger partial charge in [-0.1, -0.05) is 55.5 Å². The minimum Gasteiger partial charge on any atom is -0.388 e. The van der Waals surface area contributed by atoms with E-state index in [0.717, 1.165) is 12.1 Å². The summed E-state index contributed by atoms with van der Waals surface area (Å²) < 4.78 is 0. The molecule has 0 aliphatic rings. The number of para-hydroxylation sites is 1. The molecule has 0 spiro atoms. The lowest BCUT2D eigenvalue weighted by molar-refractivity contribution is 0.222. The molecule has 4 heteroatoms. The monoisotopic (exact) mass is 310 g/mol. The van der Waals surface area contributed by atoms with E-state index in [0.29, 0.717) is 0 Å². The number of benzene rings is 2. The number of likely N-dealkylation sites (N-methyl/N-ethyl adjacent to an activating group) is 1. The zero-order valence-corrected chi connectivity index (χ0v) is 14.1. The third kappa shape index (κ3) is 4.25. The highest BCUT2D eigenvalue weighted by Gasteiger charge is 2.25. The molecule has 122 valence electrons. The molecule has 0 aliphatic carbocycles. The maximum Gasteiger partial charge on any atom is 0.106 e. The first-order chi connectivity index (χ1) is 11.2. The molecular weight excluding hydrogens is 284 g/mol. The summed E-state index contributed by atoms with van der Waals surface area (Å²) in [6.45, 7) is 4.29. The van der Waals surface area contributed by atoms with Crippen LogP contribution in [0.1, 0.15) is 30.5 Å². The zero-order valence-electron chi connectivity index (χ0n) is 14.1. The van der Waals surface area contributed by atoms with Gasteiger partial charge in [0.25, 0.3) is 0 Å². The van der Waals surface area contributed by atoms with Crippen molar-refractivity contribution in [3.63, 3.8) is 0 Å². The Morgan fingerprint density at radius 2 is 1.78 bits per heavy atom. The third-order valence-corrected chi connectivity index (χ3v) is 4.15. The molecule has 0 radical (unpaired) electrons. The van der Waals surface area contributed by atoms with Gasteiger partial charge in [-0.2, -0.15) is 5.10 Å². The molecule has 0 fully saturated rings. The Kier molecular flexibility index (Phi) is 6.03. The number of rotatable bonds is 7. The summed E-state index contributed by atoms with van der Waals surface area (Å²) in [4.78, 5) is 0. The van der Waals surface area contributed by atoms with Crippen LogP contribution >= 0.6 is 0 Å². The summed E-state index contributed by atoms with van der Waals surface area (Å²) in [6, 6.07) is 19.1. The molecule has 2 aromatic carbocycles. The van der Waals surface area contributed by atoms with E-state index in [4.69, 9.17) is 5.73 Å². The molecule has 0 aromatic heterocycles. The van der Waals surface area contributed by atoms with Crippen LogP contribution in [0, 0.1) is 6.92 Å². The minimum atomic E-state index is 0.121. The van der Waals surface area contributed by atoms with Crippen molar-refractivity contribution in [3.05, 3.63) is 65.7 Å². The molecule has 0 saturated heterocycles. The highest BCUT2D eigenvalue weighted by Crippen LogP contribution is 2.28. The van der Waals surface area contributed by atoms with Gasteiger partial charge in [-0.05, 0) is 30.5 Å². The lowest BCUT2D eigenvalue weighted by Gasteiger charge is -2.34. The van der Waals surface area contributed by atoms with Crippen LogP contribution in [0.4, 0.5) is 5.69 Å². The van der Waals surface area contributed by atoms with Crippen LogP contribution in [-0.2, 0) is 0 Å². The molecule has 0 heterocycles. The van der Waals surface area contributed by atoms with Crippen LogP contribution in [0.3, 0.4) is 0 Å². The van der Waals surface area contributed by atoms with Gasteiger partial charge in [-0.15, -0.1) is 0 Å². The summed E-state index contributed by atoms with van der Waals surface area (Å²) in [6.07, 6.45) is 2.30. The van der Waals surface area contributed by atoms with Crippen LogP contribution in [0.5, 0.6) is 0 Å². The Bertz CT molecular complexity index is 624. The second kappa shape index (κ2) is 8.22. The molecule has 3 N–H and O–H groups in total. The predicted molar refractivity (Wildman–Crippen MR) is 98.5 cm³/mol. The smallest absolute Gasteiger partial charge is 0.106 e. The van der Waals surface area contributed by atoms with Crippen molar-refractivity contribution >= 4 is 12.0 Å². The second-order valence-electron chi connectivity index (χ2n) is 5.66. The highest BCUT2D eigenvalue weighted by atomic mass is 15.5. The summed E-state index contributed by atoms with van der Waals surface area (Å²) >= 11 is 0. The minimum absolute atomic E-state index is 0.121. The molecular formula is C19H26N4. The number of aryl methyl sites for hydroxylation is 1. The molecule has 2 rings (SSSR count). The normalized spacial score (nSPS) is 13.7. The van der Waals surface area contributed by atoms with Crippen molar-refractivity contribution in [1.29, 1.82) is 0 Å². The van der Waals surface area contributed by atoms with Crippen molar-refractivity contribution in [3.8, 4) is 0 Å². The highest BCUT2D eigenvalue weighted by molar-refractivity contribution is 5.53. The van der Waals surface area contributed by atoms with E-state index < -0.39 is 0 Å². The molecule has 23 heavy (non-hydrogen) atoms. The SMILES string of the molecule is CCC(C(Nc1ccccc1C)c1ccccc1)N(C)/N=C\N. The first-order valence-electron chi connectivity index (χ1n) is 8.01. The van der Waals surface area contributed by atoms with Gasteiger partial charge in [0.05, 0.1) is 12.1 Å². The Labute approximate surface area is 139 Å². The molecule has 0 amide bonds. The summed E-state index contributed by atoms with van der Waals surface area (Å²) in [7, 11) is 1.97. The Hall–Kier alpha value is -2.49. The fraction of sp³-hybridized carbons (Fsp3) is 0.316. The fourth-order valence-corrected chi connectivity index (χ4v) is 2.87. The number of hydrogen-bond acceptors (Lipinski definition) is 3.